The molecule has 0 radical (unpaired) electrons. The molecular formula is C8H13N5O4. The summed E-state index contributed by atoms with van der Waals surface area (Å²) in [6.07, 6.45) is 0.0247. The number of aryl methyl sites for hydroxylation is 1. The zero-order valence-electron chi connectivity index (χ0n) is 9.28. The summed E-state index contributed by atoms with van der Waals surface area (Å²) in [4.78, 5) is 25.8. The first-order chi connectivity index (χ1) is 7.91. The van der Waals surface area contributed by atoms with Crippen LogP contribution in [0.1, 0.15) is 6.92 Å². The van der Waals surface area contributed by atoms with Crippen LogP contribution in [0.2, 0.25) is 0 Å². The van der Waals surface area contributed by atoms with Crippen LogP contribution < -0.4 is 10.6 Å². The smallest absolute Gasteiger partial charge is 0.328 e. The Bertz CT molecular complexity index is 416. The van der Waals surface area contributed by atoms with Crippen LogP contribution in [0.15, 0.2) is 6.33 Å². The first kappa shape index (κ1) is 12.9. The molecule has 17 heavy (non-hydrogen) atoms. The van der Waals surface area contributed by atoms with Crippen LogP contribution >= 0.6 is 0 Å². The van der Waals surface area contributed by atoms with Crippen LogP contribution in [0.3, 0.4) is 0 Å². The minimum Gasteiger partial charge on any atom is -0.480 e. The van der Waals surface area contributed by atoms with Crippen LogP contribution in [0.25, 0.3) is 0 Å². The molecule has 0 spiro atoms. The highest BCUT2D eigenvalue weighted by Gasteiger charge is 2.25. The number of urea groups is 1. The Morgan fingerprint density at radius 1 is 1.53 bits per heavy atom. The minimum atomic E-state index is -1.39. The van der Waals surface area contributed by atoms with Crippen molar-refractivity contribution < 1.29 is 19.8 Å². The number of amides is 2. The number of aromatic nitrogens is 3. The standard InChI is InChI=1S/C8H13N5O4/c1-4(14)5(6(15)16)11-8(17)12-7-9-3-10-13(7)2/h3-5,14H,1-2H3,(H,15,16)(H2,9,10,11,12,17). The largest absolute Gasteiger partial charge is 0.480 e. The second kappa shape index (κ2) is 5.25. The molecule has 1 rings (SSSR count). The van der Waals surface area contributed by atoms with Gasteiger partial charge in [-0.1, -0.05) is 0 Å². The second-order valence-electron chi connectivity index (χ2n) is 3.36. The highest BCUT2D eigenvalue weighted by atomic mass is 16.4. The lowest BCUT2D eigenvalue weighted by Gasteiger charge is -2.16. The average molecular weight is 243 g/mol. The van der Waals surface area contributed by atoms with Gasteiger partial charge in [0.1, 0.15) is 6.33 Å². The van der Waals surface area contributed by atoms with Crippen molar-refractivity contribution in [2.45, 2.75) is 19.1 Å². The number of carboxylic acids is 1. The topological polar surface area (TPSA) is 129 Å². The van der Waals surface area contributed by atoms with E-state index in [1.165, 1.54) is 17.9 Å². The van der Waals surface area contributed by atoms with Crippen molar-refractivity contribution in [2.24, 2.45) is 7.05 Å². The predicted octanol–water partition coefficient (Wildman–Crippen LogP) is -1.23. The van der Waals surface area contributed by atoms with Gasteiger partial charge >= 0.3 is 12.0 Å². The number of carbonyl (C=O) groups is 2. The molecule has 2 amide bonds. The molecule has 0 saturated carbocycles. The molecule has 1 heterocycles. The number of rotatable bonds is 4. The Kier molecular flexibility index (Phi) is 3.99. The number of carbonyl (C=O) groups excluding carboxylic acids is 1. The number of nitrogens with one attached hydrogen (secondary N) is 2. The molecule has 94 valence electrons. The zero-order valence-corrected chi connectivity index (χ0v) is 9.28. The van der Waals surface area contributed by atoms with Gasteiger partial charge in [-0.05, 0) is 6.92 Å². The van der Waals surface area contributed by atoms with Gasteiger partial charge in [-0.25, -0.2) is 14.3 Å². The first-order valence-electron chi connectivity index (χ1n) is 4.74. The Labute approximate surface area is 96.5 Å². The van der Waals surface area contributed by atoms with Crippen LogP contribution in [0, 0.1) is 0 Å². The third kappa shape index (κ3) is 3.41. The summed E-state index contributed by atoms with van der Waals surface area (Å²) >= 11 is 0. The summed E-state index contributed by atoms with van der Waals surface area (Å²) in [6.45, 7) is 1.27. The fourth-order valence-electron chi connectivity index (χ4n) is 1.08. The number of hydrogen-bond acceptors (Lipinski definition) is 5. The summed E-state index contributed by atoms with van der Waals surface area (Å²) < 4.78 is 1.30. The minimum absolute atomic E-state index is 0.164. The highest BCUT2D eigenvalue weighted by Crippen LogP contribution is 1.99. The number of aliphatic hydroxyl groups is 1. The first-order valence-corrected chi connectivity index (χ1v) is 4.74. The van der Waals surface area contributed by atoms with Crippen molar-refractivity contribution >= 4 is 17.9 Å². The van der Waals surface area contributed by atoms with Crippen molar-refractivity contribution in [3.8, 4) is 0 Å². The predicted molar refractivity (Wildman–Crippen MR) is 56.3 cm³/mol. The van der Waals surface area contributed by atoms with Gasteiger partial charge in [-0.3, -0.25) is 5.32 Å². The van der Waals surface area contributed by atoms with Crippen molar-refractivity contribution in [1.82, 2.24) is 20.1 Å². The van der Waals surface area contributed by atoms with E-state index in [1.54, 1.807) is 7.05 Å². The van der Waals surface area contributed by atoms with E-state index in [2.05, 4.69) is 20.7 Å². The van der Waals surface area contributed by atoms with Crippen molar-refractivity contribution in [2.75, 3.05) is 5.32 Å². The molecule has 0 bridgehead atoms. The molecule has 0 aromatic carbocycles. The van der Waals surface area contributed by atoms with Gasteiger partial charge < -0.3 is 15.5 Å². The monoisotopic (exact) mass is 243 g/mol. The maximum absolute atomic E-state index is 11.4. The maximum Gasteiger partial charge on any atom is 0.328 e. The third-order valence-corrected chi connectivity index (χ3v) is 1.97. The van der Waals surface area contributed by atoms with Gasteiger partial charge in [-0.15, -0.1) is 0 Å². The second-order valence-corrected chi connectivity index (χ2v) is 3.36. The fraction of sp³-hybridized carbons (Fsp3) is 0.500. The molecule has 4 N–H and O–H groups in total. The van der Waals surface area contributed by atoms with Gasteiger partial charge in [0.25, 0.3) is 0 Å². The summed E-state index contributed by atoms with van der Waals surface area (Å²) in [5.74, 6) is -1.16. The number of anilines is 1. The summed E-state index contributed by atoms with van der Waals surface area (Å²) in [5.41, 5.74) is 0. The summed E-state index contributed by atoms with van der Waals surface area (Å²) in [6, 6.07) is -2.17. The molecule has 1 aromatic rings. The fourth-order valence-corrected chi connectivity index (χ4v) is 1.08. The lowest BCUT2D eigenvalue weighted by molar-refractivity contribution is -0.141. The van der Waals surface area contributed by atoms with E-state index in [0.717, 1.165) is 0 Å². The molecule has 1 aromatic heterocycles. The van der Waals surface area contributed by atoms with Crippen LogP contribution in [0.4, 0.5) is 10.7 Å². The van der Waals surface area contributed by atoms with Gasteiger partial charge in [0.2, 0.25) is 5.95 Å². The number of aliphatic carboxylic acids is 1. The van der Waals surface area contributed by atoms with E-state index in [4.69, 9.17) is 10.2 Å². The van der Waals surface area contributed by atoms with Gasteiger partial charge in [0, 0.05) is 7.05 Å². The van der Waals surface area contributed by atoms with Gasteiger partial charge in [0.15, 0.2) is 6.04 Å². The van der Waals surface area contributed by atoms with E-state index < -0.39 is 24.1 Å². The molecule has 2 unspecified atom stereocenters. The van der Waals surface area contributed by atoms with Crippen LogP contribution in [-0.4, -0.2) is 49.1 Å². The van der Waals surface area contributed by atoms with E-state index in [-0.39, 0.29) is 5.95 Å². The van der Waals surface area contributed by atoms with E-state index in [0.29, 0.717) is 0 Å². The van der Waals surface area contributed by atoms with Crippen molar-refractivity contribution in [1.29, 1.82) is 0 Å². The molecule has 0 aliphatic carbocycles. The molecule has 0 aliphatic heterocycles. The molecule has 0 saturated heterocycles. The quantitative estimate of drug-likeness (QED) is 0.524. The highest BCUT2D eigenvalue weighted by molar-refractivity contribution is 5.91. The van der Waals surface area contributed by atoms with E-state index in [9.17, 15) is 9.59 Å². The van der Waals surface area contributed by atoms with Crippen molar-refractivity contribution in [3.05, 3.63) is 6.33 Å². The average Bonchev–Trinajstić information content (AvgIpc) is 2.60. The Balaban J connectivity index is 2.60. The Hall–Kier alpha value is -2.16. The number of hydrogen-bond donors (Lipinski definition) is 4. The summed E-state index contributed by atoms with van der Waals surface area (Å²) in [5, 5.41) is 26.0. The van der Waals surface area contributed by atoms with Gasteiger partial charge in [0.05, 0.1) is 6.10 Å². The third-order valence-electron chi connectivity index (χ3n) is 1.97. The number of aliphatic hydroxyl groups excluding tert-OH is 1. The lowest BCUT2D eigenvalue weighted by atomic mass is 10.2. The summed E-state index contributed by atoms with van der Waals surface area (Å²) in [7, 11) is 1.56. The number of carboxylic acid groups (broad SMARTS) is 1. The van der Waals surface area contributed by atoms with Gasteiger partial charge in [-0.2, -0.15) is 10.1 Å². The Morgan fingerprint density at radius 3 is 2.59 bits per heavy atom. The van der Waals surface area contributed by atoms with E-state index >= 15 is 0 Å². The Morgan fingerprint density at radius 2 is 2.18 bits per heavy atom. The van der Waals surface area contributed by atoms with Crippen LogP contribution in [0.5, 0.6) is 0 Å². The normalized spacial score (nSPS) is 13.8. The molecule has 2 atom stereocenters. The molecule has 0 aliphatic rings. The maximum atomic E-state index is 11.4. The molecule has 9 nitrogen and oxygen atoms in total. The van der Waals surface area contributed by atoms with E-state index in [1.807, 2.05) is 0 Å². The molecular weight excluding hydrogens is 230 g/mol. The molecule has 0 fully saturated rings. The number of nitrogens with zero attached hydrogens (tertiary/aromatic N) is 3. The van der Waals surface area contributed by atoms with Crippen LogP contribution in [-0.2, 0) is 11.8 Å². The SMILES string of the molecule is CC(O)C(NC(=O)Nc1ncnn1C)C(=O)O. The molecule has 9 heteroatoms. The lowest BCUT2D eigenvalue weighted by Crippen LogP contribution is -2.49. The zero-order chi connectivity index (χ0) is 13.0. The van der Waals surface area contributed by atoms with Crippen molar-refractivity contribution in [3.63, 3.8) is 0 Å².